The molecule has 4 N–H and O–H groups in total. The van der Waals surface area contributed by atoms with E-state index in [9.17, 15) is 38.7 Å². The number of aromatic nitrogens is 16. The molecule has 16 rings (SSSR count). The number of hydrogen-bond donors (Lipinski definition) is 4. The fourth-order valence-corrected chi connectivity index (χ4v) is 14.5. The van der Waals surface area contributed by atoms with Gasteiger partial charge in [-0.1, -0.05) is 95.4 Å². The van der Waals surface area contributed by atoms with Gasteiger partial charge in [0.15, 0.2) is 34.8 Å². The zero-order valence-corrected chi connectivity index (χ0v) is 57.2. The topological polar surface area (TPSA) is 438 Å². The Morgan fingerprint density at radius 3 is 1.20 bits per heavy atom. The zero-order valence-electron chi connectivity index (χ0n) is 55.4. The summed E-state index contributed by atoms with van der Waals surface area (Å²) in [6.45, 7) is 4.26. The minimum Gasteiger partial charge on any atom is -0.756 e. The van der Waals surface area contributed by atoms with Crippen LogP contribution in [-0.2, 0) is 83.1 Å². The number of aromatic amines is 2. The summed E-state index contributed by atoms with van der Waals surface area (Å²) in [6.07, 6.45) is -2.95. The van der Waals surface area contributed by atoms with Crippen LogP contribution in [-0.4, -0.2) is 217 Å². The van der Waals surface area contributed by atoms with Gasteiger partial charge in [-0.25, -0.2) is 28.1 Å². The van der Waals surface area contributed by atoms with Crippen molar-refractivity contribution >= 4 is 49.5 Å². The molecule has 4 saturated heterocycles. The molecule has 37 nitrogen and oxygen atoms in total. The molecule has 105 heavy (non-hydrogen) atoms. The molecule has 10 atom stereocenters. The third-order valence-corrected chi connectivity index (χ3v) is 19.6. The van der Waals surface area contributed by atoms with Crippen molar-refractivity contribution in [2.24, 2.45) is 0 Å². The number of aliphatic hydroxyl groups excluding tert-OH is 2. The van der Waals surface area contributed by atoms with E-state index in [1.807, 2.05) is 60.7 Å². The molecule has 4 aliphatic rings. The molecule has 548 valence electrons. The van der Waals surface area contributed by atoms with Gasteiger partial charge in [0.25, 0.3) is 26.8 Å². The van der Waals surface area contributed by atoms with Gasteiger partial charge < -0.3 is 90.7 Å². The van der Waals surface area contributed by atoms with Crippen LogP contribution in [0.5, 0.6) is 0 Å². The van der Waals surface area contributed by atoms with Crippen LogP contribution >= 0.6 is 15.6 Å². The molecule has 0 aliphatic carbocycles. The van der Waals surface area contributed by atoms with Crippen molar-refractivity contribution in [2.75, 3.05) is 92.5 Å². The van der Waals surface area contributed by atoms with Gasteiger partial charge in [-0.2, -0.15) is 9.97 Å². The monoisotopic (exact) mass is 1480 g/mol. The zero-order chi connectivity index (χ0) is 71.8. The van der Waals surface area contributed by atoms with Crippen LogP contribution in [0.15, 0.2) is 144 Å². The molecule has 12 heterocycles. The van der Waals surface area contributed by atoms with Crippen LogP contribution in [0.4, 0.5) is 0 Å². The van der Waals surface area contributed by atoms with Gasteiger partial charge in [-0.3, -0.25) is 27.9 Å². The van der Waals surface area contributed by atoms with Crippen molar-refractivity contribution in [3.63, 3.8) is 0 Å². The van der Waals surface area contributed by atoms with Crippen LogP contribution in [0, 0.1) is 0 Å². The fourth-order valence-electron chi connectivity index (χ4n) is 12.6. The first-order chi connectivity index (χ1) is 51.2. The summed E-state index contributed by atoms with van der Waals surface area (Å²) >= 11 is 0. The Kier molecular flexibility index (Phi) is 20.2. The predicted octanol–water partition coefficient (Wildman–Crippen LogP) is 2.99. The molecule has 4 fully saturated rings. The van der Waals surface area contributed by atoms with E-state index < -0.39 is 75.8 Å². The van der Waals surface area contributed by atoms with Crippen molar-refractivity contribution in [1.82, 2.24) is 77.8 Å². The third-order valence-electron chi connectivity index (χ3n) is 17.7. The Morgan fingerprint density at radius 2 is 0.829 bits per heavy atom. The number of imidazole rings is 4. The molecule has 39 heteroatoms. The van der Waals surface area contributed by atoms with Crippen LogP contribution in [0.25, 0.3) is 90.5 Å². The Labute approximate surface area is 592 Å². The molecular formula is C66H66N16O21P2-2. The highest BCUT2D eigenvalue weighted by molar-refractivity contribution is 7.46. The van der Waals surface area contributed by atoms with E-state index in [-0.39, 0.29) is 72.0 Å². The minimum atomic E-state index is -4.66. The SMILES string of the molecule is O=c1c2nc(-c3ccccc3)n([C@@H]3OC4COP(=O)([O-])O[C@H]4C3O)c2nc2[nH]c(-c3ccc(-n4cc(COCCOCCOCCOCCOCCOCCOCc5cn(-c6ccc(-c7cn8c(=O)c9nc(-c%10ccccc%10)n([C@@H]%10OC%11COP(=O)([O-])O[C@H]%11C%10O)c9nc8[nH]7)cc6)nn5)nn4)cc3)cn12. The van der Waals surface area contributed by atoms with Crippen molar-refractivity contribution < 1.29 is 89.9 Å². The number of benzene rings is 4. The number of ether oxygens (including phenoxy) is 9. The summed E-state index contributed by atoms with van der Waals surface area (Å²) in [5.41, 5.74) is 5.75. The number of nitrogens with zero attached hydrogens (tertiary/aromatic N) is 14. The van der Waals surface area contributed by atoms with Crippen LogP contribution in [0.1, 0.15) is 23.8 Å². The van der Waals surface area contributed by atoms with Crippen molar-refractivity contribution in [2.45, 2.75) is 62.3 Å². The summed E-state index contributed by atoms with van der Waals surface area (Å²) in [7, 11) is -9.32. The van der Waals surface area contributed by atoms with E-state index >= 15 is 0 Å². The standard InChI is InChI=1S/C66H68N16O21P2/c83-53-55-49(37-98-104(87,88)102-55)100-63(53)81-57(41-7-3-1-4-8-41)69-51-59(81)71-65-67-47(33-77(65)61(51)85)39-11-15-45(16-12-39)79-31-43(73-75-79)35-96-29-27-94-25-23-92-21-19-91-20-22-93-24-26-95-28-30-97-36-44-32-80(76-74-44)46-17-13-40(14-18-46)48-34-78-62(86)52-60(72-66(78)68-48)82(58(70-52)42-9-5-2-6-10-42)64-54(84)56-50(101-64)38-99-105(89,90)103-56/h1-18,31-34,49-50,53-56,63-64,83-84H,19-30,35-38H2,(H,67,71)(H,68,72)(H,87,88)(H,89,90)/p-2/t49?,50?,53?,54?,55-,56-,63-,64-/m1/s1. The van der Waals surface area contributed by atoms with Crippen LogP contribution in [0.2, 0.25) is 0 Å². The number of phosphoric acid groups is 2. The van der Waals surface area contributed by atoms with Gasteiger partial charge in [0, 0.05) is 23.5 Å². The van der Waals surface area contributed by atoms with E-state index in [2.05, 4.69) is 40.6 Å². The van der Waals surface area contributed by atoms with Crippen molar-refractivity contribution in [3.05, 3.63) is 166 Å². The first-order valence-corrected chi connectivity index (χ1v) is 36.3. The fraction of sp³-hybridized carbons (Fsp3) is 0.364. The molecule has 8 aromatic heterocycles. The first kappa shape index (κ1) is 70.1. The number of H-pyrrole nitrogens is 2. The van der Waals surface area contributed by atoms with E-state index in [1.165, 1.54) is 17.9 Å². The number of aliphatic hydroxyl groups is 2. The lowest BCUT2D eigenvalue weighted by molar-refractivity contribution is -0.247. The lowest BCUT2D eigenvalue weighted by atomic mass is 10.1. The van der Waals surface area contributed by atoms with E-state index in [1.54, 1.807) is 82.7 Å². The number of hydrogen-bond acceptors (Lipinski definition) is 29. The average molecular weight is 1480 g/mol. The van der Waals surface area contributed by atoms with Gasteiger partial charge in [0.1, 0.15) is 59.7 Å². The largest absolute Gasteiger partial charge is 0.756 e. The maximum atomic E-state index is 14.1. The summed E-state index contributed by atoms with van der Waals surface area (Å²) in [6, 6.07) is 32.8. The highest BCUT2D eigenvalue weighted by atomic mass is 31.2. The Hall–Kier alpha value is -9.28. The summed E-state index contributed by atoms with van der Waals surface area (Å²) in [4.78, 5) is 77.9. The molecule has 4 aliphatic heterocycles. The van der Waals surface area contributed by atoms with E-state index in [0.29, 0.717) is 113 Å². The third kappa shape index (κ3) is 14.8. The highest BCUT2D eigenvalue weighted by Gasteiger charge is 2.53. The van der Waals surface area contributed by atoms with Crippen molar-refractivity contribution in [1.29, 1.82) is 0 Å². The average Bonchev–Trinajstić information content (AvgIpc) is 1.55. The Morgan fingerprint density at radius 1 is 0.467 bits per heavy atom. The number of rotatable bonds is 30. The minimum absolute atomic E-state index is 0.000962. The van der Waals surface area contributed by atoms with Crippen LogP contribution < -0.4 is 20.9 Å². The summed E-state index contributed by atoms with van der Waals surface area (Å²) < 4.78 is 105. The van der Waals surface area contributed by atoms with Gasteiger partial charge in [-0.05, 0) is 35.4 Å². The lowest BCUT2D eigenvalue weighted by Gasteiger charge is -2.34. The maximum absolute atomic E-state index is 14.1. The van der Waals surface area contributed by atoms with Gasteiger partial charge in [0.2, 0.25) is 11.6 Å². The molecule has 0 bridgehead atoms. The summed E-state index contributed by atoms with van der Waals surface area (Å²) in [5.74, 6) is 0.922. The number of phosphoric ester groups is 2. The molecule has 4 aromatic carbocycles. The highest BCUT2D eigenvalue weighted by Crippen LogP contribution is 2.52. The molecule has 12 aromatic rings. The second-order valence-electron chi connectivity index (χ2n) is 24.6. The quantitative estimate of drug-likeness (QED) is 0.0371. The predicted molar refractivity (Wildman–Crippen MR) is 360 cm³/mol. The Balaban J connectivity index is 0.406. The van der Waals surface area contributed by atoms with E-state index in [0.717, 1.165) is 22.5 Å². The van der Waals surface area contributed by atoms with Crippen LogP contribution in [0.3, 0.4) is 0 Å². The molecule has 0 saturated carbocycles. The van der Waals surface area contributed by atoms with Gasteiger partial charge >= 0.3 is 0 Å². The summed E-state index contributed by atoms with van der Waals surface area (Å²) in [5, 5.41) is 39.8. The number of fused-ring (bicyclic) bond motifs is 6. The molecule has 0 spiro atoms. The normalized spacial score (nSPS) is 23.2. The van der Waals surface area contributed by atoms with Gasteiger partial charge in [0.05, 0.1) is 141 Å². The Bertz CT molecular complexity index is 4960. The van der Waals surface area contributed by atoms with Gasteiger partial charge in [-0.15, -0.1) is 10.2 Å². The maximum Gasteiger partial charge on any atom is 0.287 e. The number of nitrogens with one attached hydrogen (secondary N) is 2. The molecule has 0 radical (unpaired) electrons. The van der Waals surface area contributed by atoms with E-state index in [4.69, 9.17) is 70.7 Å². The second-order valence-corrected chi connectivity index (χ2v) is 27.3. The smallest absolute Gasteiger partial charge is 0.287 e. The molecular weight excluding hydrogens is 1410 g/mol. The molecule has 6 unspecified atom stereocenters. The molecule has 0 amide bonds. The first-order valence-electron chi connectivity index (χ1n) is 33.4. The van der Waals surface area contributed by atoms with Crippen molar-refractivity contribution in [3.8, 4) is 56.7 Å². The lowest BCUT2D eigenvalue weighted by Crippen LogP contribution is -2.41. The second kappa shape index (κ2) is 30.3.